The van der Waals surface area contributed by atoms with E-state index in [-0.39, 0.29) is 18.0 Å². The Morgan fingerprint density at radius 2 is 1.92 bits per heavy atom. The average molecular weight is 362 g/mol. The lowest BCUT2D eigenvalue weighted by Gasteiger charge is -2.36. The maximum atomic E-state index is 12.8. The van der Waals surface area contributed by atoms with Gasteiger partial charge >= 0.3 is 6.03 Å². The van der Waals surface area contributed by atoms with E-state index in [9.17, 15) is 9.59 Å². The van der Waals surface area contributed by atoms with Gasteiger partial charge in [-0.05, 0) is 49.8 Å². The number of amides is 3. The highest BCUT2D eigenvalue weighted by molar-refractivity contribution is 6.30. The molecule has 134 valence electrons. The van der Waals surface area contributed by atoms with Crippen molar-refractivity contribution in [3.8, 4) is 0 Å². The van der Waals surface area contributed by atoms with Crippen molar-refractivity contribution >= 4 is 29.2 Å². The summed E-state index contributed by atoms with van der Waals surface area (Å²) in [5.41, 5.74) is 0.708. The molecule has 0 spiro atoms. The van der Waals surface area contributed by atoms with Crippen molar-refractivity contribution in [2.24, 2.45) is 11.8 Å². The zero-order chi connectivity index (χ0) is 17.4. The van der Waals surface area contributed by atoms with Gasteiger partial charge in [-0.2, -0.15) is 0 Å². The second-order valence-electron chi connectivity index (χ2n) is 7.56. The zero-order valence-corrected chi connectivity index (χ0v) is 15.0. The Kier molecular flexibility index (Phi) is 4.59. The maximum absolute atomic E-state index is 12.8. The number of halogens is 1. The van der Waals surface area contributed by atoms with E-state index in [2.05, 4.69) is 5.32 Å². The van der Waals surface area contributed by atoms with Gasteiger partial charge in [0.25, 0.3) is 0 Å². The summed E-state index contributed by atoms with van der Waals surface area (Å²) in [6.45, 7) is 2.20. The van der Waals surface area contributed by atoms with Gasteiger partial charge in [-0.3, -0.25) is 4.79 Å². The summed E-state index contributed by atoms with van der Waals surface area (Å²) in [7, 11) is 0. The number of fused-ring (bicyclic) bond motifs is 4. The van der Waals surface area contributed by atoms with Crippen LogP contribution in [-0.4, -0.2) is 47.4 Å². The molecule has 3 heterocycles. The molecule has 4 fully saturated rings. The summed E-state index contributed by atoms with van der Waals surface area (Å²) in [5.74, 6) is 0.916. The van der Waals surface area contributed by atoms with Crippen molar-refractivity contribution in [1.82, 2.24) is 9.80 Å². The summed E-state index contributed by atoms with van der Waals surface area (Å²) in [6.07, 6.45) is 5.31. The van der Waals surface area contributed by atoms with Gasteiger partial charge in [0.2, 0.25) is 5.91 Å². The van der Waals surface area contributed by atoms with Crippen molar-refractivity contribution in [2.45, 2.75) is 38.1 Å². The summed E-state index contributed by atoms with van der Waals surface area (Å²) in [4.78, 5) is 29.4. The van der Waals surface area contributed by atoms with Crippen LogP contribution >= 0.6 is 11.6 Å². The molecular formula is C19H24ClN3O2. The number of carbonyl (C=O) groups is 2. The summed E-state index contributed by atoms with van der Waals surface area (Å²) in [5, 5.41) is 3.56. The summed E-state index contributed by atoms with van der Waals surface area (Å²) < 4.78 is 0. The normalized spacial score (nSPS) is 26.1. The van der Waals surface area contributed by atoms with Crippen molar-refractivity contribution in [3.05, 3.63) is 29.3 Å². The lowest BCUT2D eigenvalue weighted by Crippen LogP contribution is -2.49. The van der Waals surface area contributed by atoms with E-state index < -0.39 is 0 Å². The van der Waals surface area contributed by atoms with Gasteiger partial charge < -0.3 is 15.1 Å². The molecule has 2 atom stereocenters. The smallest absolute Gasteiger partial charge is 0.322 e. The number of anilines is 1. The van der Waals surface area contributed by atoms with E-state index in [1.54, 1.807) is 12.1 Å². The first-order valence-electron chi connectivity index (χ1n) is 9.22. The molecule has 5 nitrogen and oxygen atoms in total. The predicted octanol–water partition coefficient (Wildman–Crippen LogP) is 3.59. The van der Waals surface area contributed by atoms with Crippen molar-refractivity contribution in [1.29, 1.82) is 0 Å². The Hall–Kier alpha value is -1.75. The van der Waals surface area contributed by atoms with Crippen molar-refractivity contribution in [2.75, 3.05) is 25.0 Å². The summed E-state index contributed by atoms with van der Waals surface area (Å²) in [6, 6.07) is 7.23. The summed E-state index contributed by atoms with van der Waals surface area (Å²) >= 11 is 6.00. The monoisotopic (exact) mass is 361 g/mol. The Bertz CT molecular complexity index is 676. The van der Waals surface area contributed by atoms with E-state index >= 15 is 0 Å². The quantitative estimate of drug-likeness (QED) is 0.875. The number of hydrogen-bond acceptors (Lipinski definition) is 2. The van der Waals surface area contributed by atoms with E-state index in [0.29, 0.717) is 29.1 Å². The number of hydrogen-bond donors (Lipinski definition) is 1. The van der Waals surface area contributed by atoms with Crippen LogP contribution in [0.3, 0.4) is 0 Å². The third-order valence-corrected chi connectivity index (χ3v) is 6.05. The van der Waals surface area contributed by atoms with E-state index in [1.165, 1.54) is 6.42 Å². The minimum absolute atomic E-state index is 0.0880. The van der Waals surface area contributed by atoms with Crippen LogP contribution < -0.4 is 5.32 Å². The molecule has 1 aromatic carbocycles. The standard InChI is InChI=1S/C19H24ClN3O2/c20-15-5-2-6-16(9-15)21-19(25)23-11-13-7-8-17(23)12-22(10-13)18(24)14-3-1-4-14/h2,5-6,9,13-14,17H,1,3-4,7-8,10-12H2,(H,21,25)/t13-,17+/m0/s1. The van der Waals surface area contributed by atoms with Gasteiger partial charge in [-0.15, -0.1) is 0 Å². The highest BCUT2D eigenvalue weighted by Gasteiger charge is 2.40. The fourth-order valence-electron chi connectivity index (χ4n) is 4.19. The van der Waals surface area contributed by atoms with Crippen LogP contribution in [0.25, 0.3) is 0 Å². The minimum Gasteiger partial charge on any atom is -0.340 e. The number of nitrogens with zero attached hydrogens (tertiary/aromatic N) is 2. The van der Waals surface area contributed by atoms with Gasteiger partial charge in [0.15, 0.2) is 0 Å². The van der Waals surface area contributed by atoms with Crippen LogP contribution in [0.2, 0.25) is 5.02 Å². The van der Waals surface area contributed by atoms with E-state index in [0.717, 1.165) is 38.8 Å². The molecule has 4 aliphatic rings. The highest BCUT2D eigenvalue weighted by Crippen LogP contribution is 2.33. The second-order valence-corrected chi connectivity index (χ2v) is 8.00. The predicted molar refractivity (Wildman–Crippen MR) is 97.6 cm³/mol. The van der Waals surface area contributed by atoms with Crippen LogP contribution in [0.5, 0.6) is 0 Å². The van der Waals surface area contributed by atoms with Gasteiger partial charge in [0.1, 0.15) is 0 Å². The van der Waals surface area contributed by atoms with Crippen LogP contribution in [0.15, 0.2) is 24.3 Å². The molecule has 1 aromatic rings. The molecule has 3 aliphatic heterocycles. The maximum Gasteiger partial charge on any atom is 0.322 e. The van der Waals surface area contributed by atoms with Crippen LogP contribution in [0.4, 0.5) is 10.5 Å². The lowest BCUT2D eigenvalue weighted by molar-refractivity contribution is -0.138. The van der Waals surface area contributed by atoms with E-state index in [1.807, 2.05) is 21.9 Å². The first-order valence-corrected chi connectivity index (χ1v) is 9.60. The number of piperidine rings is 1. The molecule has 0 aromatic heterocycles. The van der Waals surface area contributed by atoms with Gasteiger partial charge in [0.05, 0.1) is 6.04 Å². The molecular weight excluding hydrogens is 338 g/mol. The number of urea groups is 1. The molecule has 5 rings (SSSR count). The second kappa shape index (κ2) is 6.87. The van der Waals surface area contributed by atoms with E-state index in [4.69, 9.17) is 11.6 Å². The lowest BCUT2D eigenvalue weighted by atomic mass is 9.84. The van der Waals surface area contributed by atoms with Gasteiger partial charge in [-0.25, -0.2) is 4.79 Å². The number of benzene rings is 1. The van der Waals surface area contributed by atoms with Crippen molar-refractivity contribution in [3.63, 3.8) is 0 Å². The molecule has 0 radical (unpaired) electrons. The van der Waals surface area contributed by atoms with Gasteiger partial charge in [0, 0.05) is 36.3 Å². The van der Waals surface area contributed by atoms with Crippen LogP contribution in [-0.2, 0) is 4.79 Å². The number of rotatable bonds is 2. The average Bonchev–Trinajstić information content (AvgIpc) is 2.85. The largest absolute Gasteiger partial charge is 0.340 e. The first kappa shape index (κ1) is 16.7. The molecule has 3 saturated heterocycles. The Morgan fingerprint density at radius 1 is 1.08 bits per heavy atom. The Morgan fingerprint density at radius 3 is 2.64 bits per heavy atom. The molecule has 6 heteroatoms. The minimum atomic E-state index is -0.0880. The molecule has 1 N–H and O–H groups in total. The molecule has 25 heavy (non-hydrogen) atoms. The van der Waals surface area contributed by atoms with Gasteiger partial charge in [-0.1, -0.05) is 24.1 Å². The number of carbonyl (C=O) groups excluding carboxylic acids is 2. The molecule has 3 amide bonds. The zero-order valence-electron chi connectivity index (χ0n) is 14.3. The number of nitrogens with one attached hydrogen (secondary N) is 1. The Balaban J connectivity index is 1.44. The molecule has 1 saturated carbocycles. The third kappa shape index (κ3) is 3.47. The highest BCUT2D eigenvalue weighted by atomic mass is 35.5. The third-order valence-electron chi connectivity index (χ3n) is 5.82. The topological polar surface area (TPSA) is 52.7 Å². The van der Waals surface area contributed by atoms with Crippen LogP contribution in [0, 0.1) is 11.8 Å². The fourth-order valence-corrected chi connectivity index (χ4v) is 4.38. The molecule has 2 bridgehead atoms. The first-order chi connectivity index (χ1) is 12.1. The molecule has 0 unspecified atom stereocenters. The van der Waals surface area contributed by atoms with Crippen LogP contribution in [0.1, 0.15) is 32.1 Å². The fraction of sp³-hybridized carbons (Fsp3) is 0.579. The van der Waals surface area contributed by atoms with Crippen molar-refractivity contribution < 1.29 is 9.59 Å². The SMILES string of the molecule is O=C(C1CCC1)N1C[C@@H]2CC[C@H](C1)N(C(=O)Nc1cccc(Cl)c1)C2. The molecule has 1 aliphatic carbocycles. The Labute approximate surface area is 153 Å².